The largest absolute Gasteiger partial charge is 0.395 e. The molecule has 8 heteroatoms. The first kappa shape index (κ1) is 27.5. The molecule has 3 aromatic carbocycles. The summed E-state index contributed by atoms with van der Waals surface area (Å²) in [4.78, 5) is 30.9. The smallest absolute Gasteiger partial charge is 0.324 e. The van der Waals surface area contributed by atoms with Gasteiger partial charge in [-0.1, -0.05) is 60.7 Å². The average molecular weight is 518 g/mol. The Morgan fingerprint density at radius 3 is 1.95 bits per heavy atom. The molecule has 200 valence electrons. The van der Waals surface area contributed by atoms with Crippen molar-refractivity contribution in [2.45, 2.75) is 13.1 Å². The molecule has 0 spiro atoms. The van der Waals surface area contributed by atoms with Crippen LogP contribution in [0.1, 0.15) is 21.5 Å². The van der Waals surface area contributed by atoms with Crippen molar-refractivity contribution in [2.24, 2.45) is 0 Å². The zero-order valence-electron chi connectivity index (χ0n) is 21.8. The quantitative estimate of drug-likeness (QED) is 0.401. The monoisotopic (exact) mass is 517 g/mol. The lowest BCUT2D eigenvalue weighted by atomic mass is 10.0. The first-order valence-corrected chi connectivity index (χ1v) is 12.8. The van der Waals surface area contributed by atoms with Crippen molar-refractivity contribution in [2.75, 3.05) is 58.0 Å². The zero-order chi connectivity index (χ0) is 26.9. The van der Waals surface area contributed by atoms with Gasteiger partial charge >= 0.3 is 6.03 Å². The lowest BCUT2D eigenvalue weighted by Crippen LogP contribution is -2.48. The number of nitrogens with zero attached hydrogens (tertiary/aromatic N) is 3. The van der Waals surface area contributed by atoms with E-state index in [0.29, 0.717) is 45.0 Å². The van der Waals surface area contributed by atoms with Crippen LogP contribution in [-0.4, -0.2) is 84.9 Å². The predicted molar refractivity (Wildman–Crippen MR) is 147 cm³/mol. The minimum atomic E-state index is -0.531. The Morgan fingerprint density at radius 2 is 1.37 bits per heavy atom. The number of carbonyl (C=O) groups is 2. The number of ketones is 1. The van der Waals surface area contributed by atoms with E-state index >= 15 is 0 Å². The minimum absolute atomic E-state index is 0.0899. The predicted octanol–water partition coefficient (Wildman–Crippen LogP) is 3.41. The van der Waals surface area contributed by atoms with E-state index in [1.54, 1.807) is 21.9 Å². The van der Waals surface area contributed by atoms with Crippen molar-refractivity contribution in [3.8, 4) is 11.1 Å². The molecular weight excluding hydrogens is 482 g/mol. The Bertz CT molecular complexity index is 1190. The second-order valence-electron chi connectivity index (χ2n) is 9.45. The number of Topliss-reactive ketones (excluding diaryl/α,β-unsaturated/α-hetero) is 1. The summed E-state index contributed by atoms with van der Waals surface area (Å²) in [7, 11) is 1.98. The van der Waals surface area contributed by atoms with Crippen molar-refractivity contribution >= 4 is 17.5 Å². The van der Waals surface area contributed by atoms with Crippen molar-refractivity contribution in [1.29, 1.82) is 0 Å². The van der Waals surface area contributed by atoms with Gasteiger partial charge in [0.05, 0.1) is 26.4 Å². The molecule has 0 radical (unpaired) electrons. The fourth-order valence-electron chi connectivity index (χ4n) is 4.46. The number of amides is 2. The Kier molecular flexibility index (Phi) is 9.62. The normalized spacial score (nSPS) is 13.5. The molecule has 3 aromatic rings. The van der Waals surface area contributed by atoms with Gasteiger partial charge in [0.25, 0.3) is 0 Å². The number of anilines is 1. The second kappa shape index (κ2) is 13.3. The van der Waals surface area contributed by atoms with Crippen LogP contribution in [0, 0.1) is 0 Å². The van der Waals surface area contributed by atoms with Gasteiger partial charge in [-0.15, -0.1) is 0 Å². The molecule has 1 fully saturated rings. The van der Waals surface area contributed by atoms with Crippen LogP contribution >= 0.6 is 0 Å². The van der Waals surface area contributed by atoms with Crippen molar-refractivity contribution in [3.05, 3.63) is 89.5 Å². The van der Waals surface area contributed by atoms with E-state index in [0.717, 1.165) is 28.9 Å². The summed E-state index contributed by atoms with van der Waals surface area (Å²) in [6, 6.07) is 23.2. The topological polar surface area (TPSA) is 93.6 Å². The Morgan fingerprint density at radius 1 is 0.816 bits per heavy atom. The summed E-state index contributed by atoms with van der Waals surface area (Å²) in [6.45, 7) is 3.47. The van der Waals surface area contributed by atoms with Gasteiger partial charge in [0.2, 0.25) is 0 Å². The van der Waals surface area contributed by atoms with Crippen molar-refractivity contribution < 1.29 is 24.5 Å². The highest BCUT2D eigenvalue weighted by Crippen LogP contribution is 2.26. The van der Waals surface area contributed by atoms with Crippen LogP contribution in [-0.2, 0) is 17.8 Å². The summed E-state index contributed by atoms with van der Waals surface area (Å²) >= 11 is 0. The maximum atomic E-state index is 13.5. The van der Waals surface area contributed by atoms with E-state index in [-0.39, 0.29) is 18.4 Å². The summed E-state index contributed by atoms with van der Waals surface area (Å²) in [5.74, 6) is -0.335. The molecule has 1 aliphatic rings. The number of rotatable bonds is 10. The molecule has 0 unspecified atom stereocenters. The first-order valence-electron chi connectivity index (χ1n) is 12.8. The summed E-state index contributed by atoms with van der Waals surface area (Å²) in [6.07, 6.45) is 0. The van der Waals surface area contributed by atoms with Crippen LogP contribution in [0.25, 0.3) is 11.1 Å². The van der Waals surface area contributed by atoms with E-state index in [4.69, 9.17) is 14.9 Å². The van der Waals surface area contributed by atoms with Crippen LogP contribution in [0.3, 0.4) is 0 Å². The molecule has 1 saturated heterocycles. The van der Waals surface area contributed by atoms with Crippen LogP contribution in [0.4, 0.5) is 10.5 Å². The molecule has 2 amide bonds. The van der Waals surface area contributed by atoms with Gasteiger partial charge in [0.1, 0.15) is 6.61 Å². The van der Waals surface area contributed by atoms with E-state index in [1.807, 2.05) is 43.4 Å². The SMILES string of the molecule is CN(CCO)Cc1ccc(-c2ccc(N(Cc3ccc(C(=O)CO)cc3)C(=O)N3CCOCC3)cc2)cc1. The Hall–Kier alpha value is -3.56. The van der Waals surface area contributed by atoms with Crippen LogP contribution in [0.5, 0.6) is 0 Å². The van der Waals surface area contributed by atoms with Crippen molar-refractivity contribution in [3.63, 3.8) is 0 Å². The lowest BCUT2D eigenvalue weighted by molar-refractivity contribution is 0.0548. The molecule has 2 N–H and O–H groups in total. The van der Waals surface area contributed by atoms with Gasteiger partial charge in [-0.05, 0) is 41.4 Å². The summed E-state index contributed by atoms with van der Waals surface area (Å²) in [5.41, 5.74) is 5.41. The van der Waals surface area contributed by atoms with Gasteiger partial charge < -0.3 is 19.8 Å². The summed E-state index contributed by atoms with van der Waals surface area (Å²) in [5, 5.41) is 18.2. The van der Waals surface area contributed by atoms with E-state index in [2.05, 4.69) is 29.2 Å². The molecule has 0 aromatic heterocycles. The third kappa shape index (κ3) is 7.05. The lowest BCUT2D eigenvalue weighted by Gasteiger charge is -2.33. The number of aliphatic hydroxyl groups excluding tert-OH is 2. The molecule has 0 aliphatic carbocycles. The molecular formula is C30H35N3O5. The maximum absolute atomic E-state index is 13.5. The van der Waals surface area contributed by atoms with Gasteiger partial charge in [-0.25, -0.2) is 4.79 Å². The first-order chi connectivity index (χ1) is 18.5. The van der Waals surface area contributed by atoms with Crippen LogP contribution < -0.4 is 4.90 Å². The van der Waals surface area contributed by atoms with E-state index in [1.165, 1.54) is 5.56 Å². The average Bonchev–Trinajstić information content (AvgIpc) is 2.96. The van der Waals surface area contributed by atoms with Gasteiger partial charge in [0, 0.05) is 37.4 Å². The molecule has 0 atom stereocenters. The summed E-state index contributed by atoms with van der Waals surface area (Å²) < 4.78 is 5.43. The molecule has 0 bridgehead atoms. The minimum Gasteiger partial charge on any atom is -0.395 e. The third-order valence-electron chi connectivity index (χ3n) is 6.67. The third-order valence-corrected chi connectivity index (χ3v) is 6.67. The standard InChI is InChI=1S/C30H35N3O5/c1-31(14-17-34)20-23-2-6-25(7-3-23)26-10-12-28(13-11-26)33(30(37)32-15-18-38-19-16-32)21-24-4-8-27(9-5-24)29(36)22-35/h2-13,34-35H,14-22H2,1H3. The van der Waals surface area contributed by atoms with Gasteiger partial charge in [0.15, 0.2) is 5.78 Å². The highest BCUT2D eigenvalue weighted by atomic mass is 16.5. The number of likely N-dealkylation sites (N-methyl/N-ethyl adjacent to an activating group) is 1. The highest BCUT2D eigenvalue weighted by molar-refractivity contribution is 5.97. The molecule has 1 aliphatic heterocycles. The van der Waals surface area contributed by atoms with Crippen LogP contribution in [0.15, 0.2) is 72.8 Å². The molecule has 4 rings (SSSR count). The second-order valence-corrected chi connectivity index (χ2v) is 9.45. The molecule has 8 nitrogen and oxygen atoms in total. The number of hydrogen-bond donors (Lipinski definition) is 2. The fraction of sp³-hybridized carbons (Fsp3) is 0.333. The number of ether oxygens (including phenoxy) is 1. The highest BCUT2D eigenvalue weighted by Gasteiger charge is 2.24. The number of morpholine rings is 1. The van der Waals surface area contributed by atoms with Gasteiger partial charge in [-0.2, -0.15) is 0 Å². The molecule has 0 saturated carbocycles. The van der Waals surface area contributed by atoms with E-state index < -0.39 is 6.61 Å². The van der Waals surface area contributed by atoms with E-state index in [9.17, 15) is 9.59 Å². The molecule has 1 heterocycles. The van der Waals surface area contributed by atoms with Crippen LogP contribution in [0.2, 0.25) is 0 Å². The Labute approximate surface area is 223 Å². The van der Waals surface area contributed by atoms with Gasteiger partial charge in [-0.3, -0.25) is 14.6 Å². The number of carbonyl (C=O) groups excluding carboxylic acids is 2. The zero-order valence-corrected chi connectivity index (χ0v) is 21.8. The molecule has 38 heavy (non-hydrogen) atoms. The number of aliphatic hydroxyl groups is 2. The maximum Gasteiger partial charge on any atom is 0.324 e. The number of urea groups is 1. The number of benzene rings is 3. The van der Waals surface area contributed by atoms with Crippen molar-refractivity contribution in [1.82, 2.24) is 9.80 Å². The fourth-order valence-corrected chi connectivity index (χ4v) is 4.46. The number of hydrogen-bond acceptors (Lipinski definition) is 6. The Balaban J connectivity index is 1.53.